The Balaban J connectivity index is 0.000000588. The lowest BCUT2D eigenvalue weighted by Crippen LogP contribution is -2.34. The van der Waals surface area contributed by atoms with E-state index >= 15 is 0 Å². The van der Waals surface area contributed by atoms with Crippen molar-refractivity contribution in [3.8, 4) is 0 Å². The first-order chi connectivity index (χ1) is 21.0. The number of sulfonamides is 1. The fourth-order valence-corrected chi connectivity index (χ4v) is 4.09. The Bertz CT molecular complexity index is 1350. The van der Waals surface area contributed by atoms with Crippen molar-refractivity contribution in [3.05, 3.63) is 64.2 Å². The average molecular weight is 657 g/mol. The Labute approximate surface area is 259 Å². The topological polar surface area (TPSA) is 327 Å². The number of aryl methyl sites for hydroxylation is 1. The van der Waals surface area contributed by atoms with Crippen LogP contribution in [0.1, 0.15) is 31.2 Å². The van der Waals surface area contributed by atoms with Gasteiger partial charge in [-0.3, -0.25) is 29.9 Å². The summed E-state index contributed by atoms with van der Waals surface area (Å²) in [6, 6.07) is 10.8. The van der Waals surface area contributed by atoms with Gasteiger partial charge in [0, 0.05) is 24.4 Å². The van der Waals surface area contributed by atoms with Gasteiger partial charge in [-0.25, -0.2) is 8.42 Å². The monoisotopic (exact) mass is 656 g/mol. The van der Waals surface area contributed by atoms with Gasteiger partial charge in [0.05, 0.1) is 9.82 Å². The van der Waals surface area contributed by atoms with E-state index in [1.54, 1.807) is 12.1 Å². The maximum absolute atomic E-state index is 11.5. The van der Waals surface area contributed by atoms with Gasteiger partial charge in [-0.1, -0.05) is 17.7 Å². The van der Waals surface area contributed by atoms with Crippen LogP contribution in [0.15, 0.2) is 53.4 Å². The van der Waals surface area contributed by atoms with Crippen molar-refractivity contribution in [2.45, 2.75) is 49.6 Å². The van der Waals surface area contributed by atoms with Crippen LogP contribution in [0.3, 0.4) is 0 Å². The van der Waals surface area contributed by atoms with E-state index in [9.17, 15) is 32.9 Å². The standard InChI is InChI=1S/C9H11NO4S.C6H14N4O2.C6H6N2O2.C5H9NO2/c1-7-2-4-8(5-3-7)15(13,14)10-6-9(11)12;7-4(5(11)12)2-1-3-10-6(8)9;7-5-1-3-6(4-2-5)8(9)10;7-5(8)4-2-1-3-6-4/h2-5,10H,6H2,1H3,(H,11,12);4H,1-3,7H2,(H,11,12)(H4,8,9,10);1-4H,7H2;4,6H,1-3H2,(H,7,8)/t;4-;;4-/m.0.0/s1. The molecule has 0 radical (unpaired) electrons. The number of benzene rings is 2. The number of nitrogen functional groups attached to an aromatic ring is 1. The molecule has 1 aliphatic rings. The molecule has 1 saturated heterocycles. The fraction of sp³-hybridized carbons (Fsp3) is 0.385. The van der Waals surface area contributed by atoms with Crippen LogP contribution in [-0.4, -0.2) is 84.2 Å². The van der Waals surface area contributed by atoms with Crippen LogP contribution in [0.25, 0.3) is 0 Å². The largest absolute Gasteiger partial charge is 0.480 e. The highest BCUT2D eigenvalue weighted by Gasteiger charge is 2.20. The van der Waals surface area contributed by atoms with Crippen molar-refractivity contribution in [1.29, 1.82) is 5.41 Å². The van der Waals surface area contributed by atoms with Gasteiger partial charge in [0.15, 0.2) is 5.96 Å². The second kappa shape index (κ2) is 21.0. The molecule has 1 heterocycles. The van der Waals surface area contributed by atoms with Crippen molar-refractivity contribution in [1.82, 2.24) is 15.4 Å². The summed E-state index contributed by atoms with van der Waals surface area (Å²) in [4.78, 5) is 40.2. The molecule has 0 amide bonds. The zero-order chi connectivity index (χ0) is 34.6. The molecule has 2 aromatic rings. The summed E-state index contributed by atoms with van der Waals surface area (Å²) < 4.78 is 24.9. The van der Waals surface area contributed by atoms with Gasteiger partial charge in [-0.05, 0) is 63.4 Å². The van der Waals surface area contributed by atoms with Gasteiger partial charge < -0.3 is 43.2 Å². The van der Waals surface area contributed by atoms with E-state index in [1.807, 2.05) is 11.6 Å². The molecule has 18 nitrogen and oxygen atoms in total. The lowest BCUT2D eigenvalue weighted by Gasteiger charge is -2.06. The molecule has 0 saturated carbocycles. The van der Waals surface area contributed by atoms with Gasteiger partial charge >= 0.3 is 17.9 Å². The first kappa shape index (κ1) is 40.1. The molecule has 0 aromatic heterocycles. The van der Waals surface area contributed by atoms with Crippen molar-refractivity contribution in [2.24, 2.45) is 11.5 Å². The summed E-state index contributed by atoms with van der Waals surface area (Å²) in [5.41, 5.74) is 17.1. The molecular weight excluding hydrogens is 616 g/mol. The Kier molecular flexibility index (Phi) is 18.7. The summed E-state index contributed by atoms with van der Waals surface area (Å²) >= 11 is 0. The minimum absolute atomic E-state index is 0.0641. The molecular formula is C26H40N8O10S. The van der Waals surface area contributed by atoms with Gasteiger partial charge in [0.1, 0.15) is 18.6 Å². The third-order valence-electron chi connectivity index (χ3n) is 5.53. The number of guanidine groups is 1. The second-order valence-electron chi connectivity index (χ2n) is 9.29. The van der Waals surface area contributed by atoms with Crippen LogP contribution in [0.4, 0.5) is 11.4 Å². The number of nitrogens with one attached hydrogen (secondary N) is 4. The molecule has 0 spiro atoms. The molecule has 1 fully saturated rings. The molecule has 0 unspecified atom stereocenters. The van der Waals surface area contributed by atoms with Crippen LogP contribution < -0.4 is 32.6 Å². The molecule has 45 heavy (non-hydrogen) atoms. The van der Waals surface area contributed by atoms with E-state index in [4.69, 9.17) is 37.9 Å². The number of carboxylic acid groups (broad SMARTS) is 3. The molecule has 0 aliphatic carbocycles. The van der Waals surface area contributed by atoms with Crippen molar-refractivity contribution < 1.29 is 43.0 Å². The van der Waals surface area contributed by atoms with E-state index < -0.39 is 45.4 Å². The Morgan fingerprint density at radius 1 is 1.11 bits per heavy atom. The SMILES string of the molecule is Cc1ccc(S(=O)(=O)NCC(=O)O)cc1.N=C(N)NCCC[C@H](N)C(=O)O.Nc1ccc([N+](=O)[O-])cc1.O=C(O)[C@@H]1CCCN1. The first-order valence-corrected chi connectivity index (χ1v) is 14.7. The first-order valence-electron chi connectivity index (χ1n) is 13.3. The number of nitro groups is 1. The molecule has 250 valence electrons. The highest BCUT2D eigenvalue weighted by Crippen LogP contribution is 2.12. The molecule has 2 atom stereocenters. The number of non-ortho nitro benzene ring substituents is 1. The maximum Gasteiger partial charge on any atom is 0.320 e. The minimum atomic E-state index is -3.70. The molecule has 2 aromatic carbocycles. The number of anilines is 1. The van der Waals surface area contributed by atoms with Crippen LogP contribution in [-0.2, 0) is 24.4 Å². The van der Waals surface area contributed by atoms with Crippen LogP contribution in [0.2, 0.25) is 0 Å². The fourth-order valence-electron chi connectivity index (χ4n) is 3.12. The van der Waals surface area contributed by atoms with Crippen molar-refractivity contribution in [3.63, 3.8) is 0 Å². The number of carboxylic acids is 3. The third kappa shape index (κ3) is 19.1. The highest BCUT2D eigenvalue weighted by molar-refractivity contribution is 7.89. The molecule has 19 heteroatoms. The minimum Gasteiger partial charge on any atom is -0.480 e. The summed E-state index contributed by atoms with van der Waals surface area (Å²) in [6.07, 6.45) is 2.76. The lowest BCUT2D eigenvalue weighted by molar-refractivity contribution is -0.384. The molecule has 3 rings (SSSR count). The van der Waals surface area contributed by atoms with Gasteiger partial charge in [0.25, 0.3) is 5.69 Å². The number of aliphatic carboxylic acids is 3. The summed E-state index contributed by atoms with van der Waals surface area (Å²) in [6.45, 7) is 2.56. The predicted octanol–water partition coefficient (Wildman–Crippen LogP) is 0.0195. The summed E-state index contributed by atoms with van der Waals surface area (Å²) in [5.74, 6) is -3.05. The quantitative estimate of drug-likeness (QED) is 0.0380. The van der Waals surface area contributed by atoms with Crippen molar-refractivity contribution in [2.75, 3.05) is 25.4 Å². The Morgan fingerprint density at radius 2 is 1.69 bits per heavy atom. The number of hydrogen-bond acceptors (Lipinski definition) is 11. The summed E-state index contributed by atoms with van der Waals surface area (Å²) in [7, 11) is -3.70. The number of nitro benzene ring substituents is 1. The number of hydrogen-bond donors (Lipinski definition) is 10. The number of nitrogens with zero attached hydrogens (tertiary/aromatic N) is 1. The molecule has 0 bridgehead atoms. The van der Waals surface area contributed by atoms with E-state index in [-0.39, 0.29) is 22.6 Å². The van der Waals surface area contributed by atoms with E-state index in [1.165, 1.54) is 36.4 Å². The number of rotatable bonds is 11. The maximum atomic E-state index is 11.5. The highest BCUT2D eigenvalue weighted by atomic mass is 32.2. The van der Waals surface area contributed by atoms with Crippen LogP contribution >= 0.6 is 0 Å². The van der Waals surface area contributed by atoms with E-state index in [2.05, 4.69) is 10.6 Å². The van der Waals surface area contributed by atoms with Crippen LogP contribution in [0.5, 0.6) is 0 Å². The Hall–Kier alpha value is -4.85. The Morgan fingerprint density at radius 3 is 2.09 bits per heavy atom. The average Bonchev–Trinajstić information content (AvgIpc) is 3.51. The van der Waals surface area contributed by atoms with Gasteiger partial charge in [-0.2, -0.15) is 4.72 Å². The van der Waals surface area contributed by atoms with Crippen molar-refractivity contribution >= 4 is 45.3 Å². The van der Waals surface area contributed by atoms with E-state index in [0.29, 0.717) is 25.1 Å². The van der Waals surface area contributed by atoms with Gasteiger partial charge in [0.2, 0.25) is 10.0 Å². The number of nitrogens with two attached hydrogens (primary N) is 3. The van der Waals surface area contributed by atoms with Crippen LogP contribution in [0, 0.1) is 22.4 Å². The van der Waals surface area contributed by atoms with Gasteiger partial charge in [-0.15, -0.1) is 0 Å². The molecule has 1 aliphatic heterocycles. The third-order valence-corrected chi connectivity index (χ3v) is 6.95. The molecule has 13 N–H and O–H groups in total. The predicted molar refractivity (Wildman–Crippen MR) is 165 cm³/mol. The zero-order valence-corrected chi connectivity index (χ0v) is 25.3. The normalized spacial score (nSPS) is 14.0. The zero-order valence-electron chi connectivity index (χ0n) is 24.5. The lowest BCUT2D eigenvalue weighted by atomic mass is 10.2. The summed E-state index contributed by atoms with van der Waals surface area (Å²) in [5, 5.41) is 47.3. The number of carbonyl (C=O) groups is 3. The second-order valence-corrected chi connectivity index (χ2v) is 11.1. The smallest absolute Gasteiger partial charge is 0.320 e. The van der Waals surface area contributed by atoms with E-state index in [0.717, 1.165) is 24.9 Å².